The molecule has 0 radical (unpaired) electrons. The maximum atomic E-state index is 11.3. The smallest absolute Gasteiger partial charge is 0.303 e. The van der Waals surface area contributed by atoms with Gasteiger partial charge in [-0.1, -0.05) is 0 Å². The average Bonchev–Trinajstić information content (AvgIpc) is 2.78. The van der Waals surface area contributed by atoms with Crippen molar-refractivity contribution < 1.29 is 19.8 Å². The third-order valence-corrected chi connectivity index (χ3v) is 2.18. The van der Waals surface area contributed by atoms with Crippen LogP contribution in [-0.4, -0.2) is 44.7 Å². The van der Waals surface area contributed by atoms with Crippen LogP contribution in [0.15, 0.2) is 12.5 Å². The number of aromatic nitrogens is 2. The molecule has 7 heteroatoms. The molecule has 7 nitrogen and oxygen atoms in total. The Labute approximate surface area is 97.9 Å². The number of carboxylic acid groups (broad SMARTS) is 1. The van der Waals surface area contributed by atoms with E-state index in [4.69, 9.17) is 5.11 Å². The van der Waals surface area contributed by atoms with Gasteiger partial charge >= 0.3 is 5.97 Å². The van der Waals surface area contributed by atoms with E-state index in [0.29, 0.717) is 13.0 Å². The summed E-state index contributed by atoms with van der Waals surface area (Å²) in [6, 6.07) is 0. The number of H-pyrrole nitrogens is 1. The zero-order valence-electron chi connectivity index (χ0n) is 9.22. The first-order chi connectivity index (χ1) is 8.09. The molecular formula is C10H15N3O4. The van der Waals surface area contributed by atoms with Crippen molar-refractivity contribution in [3.8, 4) is 0 Å². The summed E-state index contributed by atoms with van der Waals surface area (Å²) in [7, 11) is 0. The van der Waals surface area contributed by atoms with Crippen molar-refractivity contribution in [1.82, 2.24) is 15.3 Å². The Balaban J connectivity index is 2.17. The predicted molar refractivity (Wildman–Crippen MR) is 58.2 cm³/mol. The Morgan fingerprint density at radius 1 is 1.53 bits per heavy atom. The number of aromatic amines is 1. The Morgan fingerprint density at radius 3 is 2.88 bits per heavy atom. The van der Waals surface area contributed by atoms with Crippen molar-refractivity contribution in [1.29, 1.82) is 0 Å². The van der Waals surface area contributed by atoms with E-state index in [1.807, 2.05) is 0 Å². The summed E-state index contributed by atoms with van der Waals surface area (Å²) in [4.78, 5) is 28.2. The number of aliphatic hydroxyl groups is 1. The second-order valence-corrected chi connectivity index (χ2v) is 3.57. The lowest BCUT2D eigenvalue weighted by Gasteiger charge is -2.09. The van der Waals surface area contributed by atoms with Gasteiger partial charge in [0.25, 0.3) is 0 Å². The van der Waals surface area contributed by atoms with Gasteiger partial charge in [0, 0.05) is 31.3 Å². The molecule has 0 saturated heterocycles. The van der Waals surface area contributed by atoms with Crippen LogP contribution < -0.4 is 5.32 Å². The predicted octanol–water partition coefficient (Wildman–Crippen LogP) is -0.706. The summed E-state index contributed by atoms with van der Waals surface area (Å²) in [5.41, 5.74) is 0.880. The molecule has 0 aliphatic rings. The molecule has 1 aromatic rings. The molecule has 1 amide bonds. The number of hydrogen-bond donors (Lipinski definition) is 4. The molecule has 0 aliphatic carbocycles. The van der Waals surface area contributed by atoms with Crippen molar-refractivity contribution in [2.24, 2.45) is 0 Å². The quantitative estimate of drug-likeness (QED) is 0.503. The lowest BCUT2D eigenvalue weighted by atomic mass is 10.2. The second-order valence-electron chi connectivity index (χ2n) is 3.57. The van der Waals surface area contributed by atoms with E-state index >= 15 is 0 Å². The average molecular weight is 241 g/mol. The summed E-state index contributed by atoms with van der Waals surface area (Å²) in [5.74, 6) is -1.58. The molecule has 4 N–H and O–H groups in total. The van der Waals surface area contributed by atoms with E-state index in [1.165, 1.54) is 0 Å². The van der Waals surface area contributed by atoms with Crippen molar-refractivity contribution >= 4 is 11.9 Å². The number of aliphatic hydroxyl groups excluding tert-OH is 1. The molecule has 1 rings (SSSR count). The Kier molecular flexibility index (Phi) is 5.15. The first kappa shape index (κ1) is 13.2. The van der Waals surface area contributed by atoms with Crippen LogP contribution in [0.25, 0.3) is 0 Å². The van der Waals surface area contributed by atoms with Crippen LogP contribution in [0, 0.1) is 0 Å². The van der Waals surface area contributed by atoms with E-state index in [1.54, 1.807) is 12.5 Å². The van der Waals surface area contributed by atoms with Gasteiger partial charge in [0.05, 0.1) is 6.33 Å². The van der Waals surface area contributed by atoms with Crippen LogP contribution in [0.1, 0.15) is 18.5 Å². The van der Waals surface area contributed by atoms with Gasteiger partial charge in [-0.2, -0.15) is 0 Å². The Morgan fingerprint density at radius 2 is 2.29 bits per heavy atom. The third kappa shape index (κ3) is 5.12. The Hall–Kier alpha value is -1.89. The van der Waals surface area contributed by atoms with Gasteiger partial charge in [0.15, 0.2) is 0 Å². The topological polar surface area (TPSA) is 115 Å². The highest BCUT2D eigenvalue weighted by molar-refractivity contribution is 5.81. The van der Waals surface area contributed by atoms with Crippen LogP contribution in [0.2, 0.25) is 0 Å². The summed E-state index contributed by atoms with van der Waals surface area (Å²) in [5, 5.41) is 20.2. The number of carbonyl (C=O) groups is 2. The van der Waals surface area contributed by atoms with Crippen molar-refractivity contribution in [2.75, 3.05) is 6.54 Å². The molecule has 1 unspecified atom stereocenters. The van der Waals surface area contributed by atoms with E-state index in [0.717, 1.165) is 5.69 Å². The van der Waals surface area contributed by atoms with Crippen LogP contribution in [0.3, 0.4) is 0 Å². The minimum absolute atomic E-state index is 0.0782. The van der Waals surface area contributed by atoms with Crippen LogP contribution in [0.5, 0.6) is 0 Å². The molecule has 0 aromatic carbocycles. The van der Waals surface area contributed by atoms with E-state index in [-0.39, 0.29) is 12.8 Å². The van der Waals surface area contributed by atoms with Gasteiger partial charge in [-0.05, 0) is 6.42 Å². The highest BCUT2D eigenvalue weighted by Gasteiger charge is 2.15. The van der Waals surface area contributed by atoms with E-state index in [9.17, 15) is 14.7 Å². The molecule has 0 spiro atoms. The van der Waals surface area contributed by atoms with Crippen LogP contribution in [-0.2, 0) is 16.0 Å². The van der Waals surface area contributed by atoms with Gasteiger partial charge in [0.1, 0.15) is 6.10 Å². The standard InChI is InChI=1S/C10H15N3O4/c14-8(1-2-9(15)16)10(17)12-4-3-7-5-11-6-13-7/h5-6,8,14H,1-4H2,(H,11,13)(H,12,17)(H,15,16). The third-order valence-electron chi connectivity index (χ3n) is 2.18. The number of nitrogens with one attached hydrogen (secondary N) is 2. The molecule has 0 bridgehead atoms. The SMILES string of the molecule is O=C(O)CCC(O)C(=O)NCCc1cnc[nH]1. The maximum absolute atomic E-state index is 11.3. The van der Waals surface area contributed by atoms with Gasteiger partial charge in [-0.15, -0.1) is 0 Å². The second kappa shape index (κ2) is 6.64. The lowest BCUT2D eigenvalue weighted by Crippen LogP contribution is -2.36. The number of carboxylic acids is 1. The van der Waals surface area contributed by atoms with Crippen molar-refractivity contribution in [3.05, 3.63) is 18.2 Å². The molecule has 17 heavy (non-hydrogen) atoms. The number of hydrogen-bond acceptors (Lipinski definition) is 4. The van der Waals surface area contributed by atoms with Crippen LogP contribution >= 0.6 is 0 Å². The number of carbonyl (C=O) groups excluding carboxylic acids is 1. The molecule has 0 fully saturated rings. The molecule has 1 atom stereocenters. The Bertz CT molecular complexity index is 364. The summed E-state index contributed by atoms with van der Waals surface area (Å²) in [6.07, 6.45) is 2.19. The number of aliphatic carboxylic acids is 1. The largest absolute Gasteiger partial charge is 0.481 e. The number of amides is 1. The molecule has 1 aromatic heterocycles. The zero-order valence-corrected chi connectivity index (χ0v) is 9.22. The van der Waals surface area contributed by atoms with Crippen molar-refractivity contribution in [2.45, 2.75) is 25.4 Å². The molecule has 0 aliphatic heterocycles. The van der Waals surface area contributed by atoms with Gasteiger partial charge in [-0.3, -0.25) is 9.59 Å². The number of nitrogens with zero attached hydrogens (tertiary/aromatic N) is 1. The molecule has 94 valence electrons. The fourth-order valence-electron chi connectivity index (χ4n) is 1.25. The minimum Gasteiger partial charge on any atom is -0.481 e. The fraction of sp³-hybridized carbons (Fsp3) is 0.500. The number of imidazole rings is 1. The normalized spacial score (nSPS) is 12.1. The van der Waals surface area contributed by atoms with Gasteiger partial charge < -0.3 is 20.5 Å². The van der Waals surface area contributed by atoms with E-state index < -0.39 is 18.0 Å². The summed E-state index contributed by atoms with van der Waals surface area (Å²) >= 11 is 0. The fourth-order valence-corrected chi connectivity index (χ4v) is 1.25. The summed E-state index contributed by atoms with van der Waals surface area (Å²) < 4.78 is 0. The molecule has 1 heterocycles. The molecule has 0 saturated carbocycles. The molecular weight excluding hydrogens is 226 g/mol. The monoisotopic (exact) mass is 241 g/mol. The van der Waals surface area contributed by atoms with E-state index in [2.05, 4.69) is 15.3 Å². The first-order valence-electron chi connectivity index (χ1n) is 5.24. The highest BCUT2D eigenvalue weighted by atomic mass is 16.4. The summed E-state index contributed by atoms with van der Waals surface area (Å²) in [6.45, 7) is 0.366. The van der Waals surface area contributed by atoms with Crippen molar-refractivity contribution in [3.63, 3.8) is 0 Å². The highest BCUT2D eigenvalue weighted by Crippen LogP contribution is 1.97. The maximum Gasteiger partial charge on any atom is 0.303 e. The minimum atomic E-state index is -1.27. The zero-order chi connectivity index (χ0) is 12.7. The number of rotatable bonds is 7. The van der Waals surface area contributed by atoms with Gasteiger partial charge in [-0.25, -0.2) is 4.98 Å². The van der Waals surface area contributed by atoms with Crippen LogP contribution in [0.4, 0.5) is 0 Å². The van der Waals surface area contributed by atoms with Gasteiger partial charge in [0.2, 0.25) is 5.91 Å². The lowest BCUT2D eigenvalue weighted by molar-refractivity contribution is -0.138. The first-order valence-corrected chi connectivity index (χ1v) is 5.24.